The summed E-state index contributed by atoms with van der Waals surface area (Å²) in [5.41, 5.74) is 5.66. The van der Waals surface area contributed by atoms with Crippen molar-refractivity contribution >= 4 is 17.5 Å². The first-order chi connectivity index (χ1) is 7.02. The molecule has 15 heavy (non-hydrogen) atoms. The van der Waals surface area contributed by atoms with E-state index in [1.165, 1.54) is 6.07 Å². The van der Waals surface area contributed by atoms with Gasteiger partial charge in [0, 0.05) is 6.54 Å². The highest BCUT2D eigenvalue weighted by atomic mass is 35.5. The van der Waals surface area contributed by atoms with Crippen molar-refractivity contribution in [1.82, 2.24) is 5.32 Å². The Balaban J connectivity index is 2.66. The van der Waals surface area contributed by atoms with Gasteiger partial charge in [-0.15, -0.1) is 0 Å². The predicted molar refractivity (Wildman–Crippen MR) is 56.9 cm³/mol. The summed E-state index contributed by atoms with van der Waals surface area (Å²) >= 11 is 5.73. The lowest BCUT2D eigenvalue weighted by molar-refractivity contribution is -0.119. The second-order valence-electron chi connectivity index (χ2n) is 3.22. The van der Waals surface area contributed by atoms with Crippen molar-refractivity contribution in [3.05, 3.63) is 34.6 Å². The van der Waals surface area contributed by atoms with Crippen LogP contribution in [0.15, 0.2) is 18.2 Å². The zero-order valence-corrected chi connectivity index (χ0v) is 9.01. The molecule has 0 aliphatic rings. The maximum atomic E-state index is 13.0. The van der Waals surface area contributed by atoms with Crippen molar-refractivity contribution in [2.45, 2.75) is 19.5 Å². The number of halogens is 2. The molecule has 1 unspecified atom stereocenters. The van der Waals surface area contributed by atoms with Gasteiger partial charge in [0.2, 0.25) is 5.91 Å². The number of benzene rings is 1. The van der Waals surface area contributed by atoms with Gasteiger partial charge in [0.15, 0.2) is 0 Å². The highest BCUT2D eigenvalue weighted by Gasteiger charge is 2.10. The van der Waals surface area contributed by atoms with Crippen LogP contribution in [0.2, 0.25) is 5.02 Å². The monoisotopic (exact) mass is 230 g/mol. The predicted octanol–water partition coefficient (Wildman–Crippen LogP) is 1.44. The van der Waals surface area contributed by atoms with E-state index in [0.29, 0.717) is 12.1 Å². The highest BCUT2D eigenvalue weighted by molar-refractivity contribution is 6.31. The Hall–Kier alpha value is -1.13. The minimum Gasteiger partial charge on any atom is -0.368 e. The van der Waals surface area contributed by atoms with Gasteiger partial charge in [0.25, 0.3) is 0 Å². The summed E-state index contributed by atoms with van der Waals surface area (Å²) in [6.45, 7) is 1.94. The van der Waals surface area contributed by atoms with Crippen LogP contribution < -0.4 is 11.1 Å². The van der Waals surface area contributed by atoms with Crippen LogP contribution in [0.1, 0.15) is 12.5 Å². The SMILES string of the molecule is CC(NCc1cccc(F)c1Cl)C(N)=O. The number of amides is 1. The van der Waals surface area contributed by atoms with Crippen LogP contribution in [0.3, 0.4) is 0 Å². The van der Waals surface area contributed by atoms with Crippen LogP contribution in [-0.2, 0) is 11.3 Å². The van der Waals surface area contributed by atoms with Crippen LogP contribution in [0.25, 0.3) is 0 Å². The van der Waals surface area contributed by atoms with Gasteiger partial charge in [-0.3, -0.25) is 4.79 Å². The van der Waals surface area contributed by atoms with E-state index in [9.17, 15) is 9.18 Å². The molecule has 5 heteroatoms. The molecule has 0 aromatic heterocycles. The van der Waals surface area contributed by atoms with E-state index < -0.39 is 17.8 Å². The molecule has 0 saturated heterocycles. The van der Waals surface area contributed by atoms with Gasteiger partial charge in [-0.2, -0.15) is 0 Å². The molecule has 0 bridgehead atoms. The van der Waals surface area contributed by atoms with Crippen LogP contribution in [0.4, 0.5) is 4.39 Å². The van der Waals surface area contributed by atoms with Crippen molar-refractivity contribution in [3.8, 4) is 0 Å². The third kappa shape index (κ3) is 3.18. The number of rotatable bonds is 4. The Bertz CT molecular complexity index is 370. The lowest BCUT2D eigenvalue weighted by Crippen LogP contribution is -2.38. The fourth-order valence-electron chi connectivity index (χ4n) is 1.05. The number of nitrogens with two attached hydrogens (primary N) is 1. The summed E-state index contributed by atoms with van der Waals surface area (Å²) in [6, 6.07) is 4.06. The van der Waals surface area contributed by atoms with E-state index in [1.807, 2.05) is 0 Å². The molecule has 1 atom stereocenters. The molecular weight excluding hydrogens is 219 g/mol. The Morgan fingerprint density at radius 2 is 2.33 bits per heavy atom. The Morgan fingerprint density at radius 1 is 1.67 bits per heavy atom. The van der Waals surface area contributed by atoms with Crippen LogP contribution in [-0.4, -0.2) is 11.9 Å². The molecule has 0 saturated carbocycles. The molecule has 3 nitrogen and oxygen atoms in total. The van der Waals surface area contributed by atoms with Crippen molar-refractivity contribution in [3.63, 3.8) is 0 Å². The zero-order valence-electron chi connectivity index (χ0n) is 8.26. The van der Waals surface area contributed by atoms with Gasteiger partial charge in [-0.05, 0) is 18.6 Å². The number of primary amides is 1. The molecular formula is C10H12ClFN2O. The molecule has 0 fully saturated rings. The second-order valence-corrected chi connectivity index (χ2v) is 3.60. The van der Waals surface area contributed by atoms with Gasteiger partial charge in [0.05, 0.1) is 11.1 Å². The lowest BCUT2D eigenvalue weighted by Gasteiger charge is -2.11. The first-order valence-electron chi connectivity index (χ1n) is 4.48. The zero-order chi connectivity index (χ0) is 11.4. The fraction of sp³-hybridized carbons (Fsp3) is 0.300. The van der Waals surface area contributed by atoms with E-state index in [4.69, 9.17) is 17.3 Å². The normalized spacial score (nSPS) is 12.5. The molecule has 1 aromatic rings. The topological polar surface area (TPSA) is 55.1 Å². The first kappa shape index (κ1) is 11.9. The molecule has 0 heterocycles. The highest BCUT2D eigenvalue weighted by Crippen LogP contribution is 2.19. The molecule has 1 amide bonds. The summed E-state index contributed by atoms with van der Waals surface area (Å²) in [5.74, 6) is -0.926. The van der Waals surface area contributed by atoms with Crippen LogP contribution >= 0.6 is 11.6 Å². The third-order valence-electron chi connectivity index (χ3n) is 2.06. The van der Waals surface area contributed by atoms with E-state index in [-0.39, 0.29) is 5.02 Å². The Kier molecular flexibility index (Phi) is 4.05. The van der Waals surface area contributed by atoms with E-state index in [0.717, 1.165) is 0 Å². The van der Waals surface area contributed by atoms with Crippen molar-refractivity contribution in [2.24, 2.45) is 5.73 Å². The molecule has 1 aromatic carbocycles. The number of carbonyl (C=O) groups excluding carboxylic acids is 1. The van der Waals surface area contributed by atoms with Crippen molar-refractivity contribution < 1.29 is 9.18 Å². The Labute approximate surface area is 92.4 Å². The van der Waals surface area contributed by atoms with Crippen LogP contribution in [0, 0.1) is 5.82 Å². The van der Waals surface area contributed by atoms with E-state index in [1.54, 1.807) is 19.1 Å². The maximum Gasteiger partial charge on any atom is 0.234 e. The molecule has 0 radical (unpaired) electrons. The van der Waals surface area contributed by atoms with Gasteiger partial charge >= 0.3 is 0 Å². The molecule has 0 aliphatic carbocycles. The summed E-state index contributed by atoms with van der Waals surface area (Å²) in [4.78, 5) is 10.7. The number of carbonyl (C=O) groups is 1. The number of hydrogen-bond acceptors (Lipinski definition) is 2. The first-order valence-corrected chi connectivity index (χ1v) is 4.85. The molecule has 0 spiro atoms. The molecule has 1 rings (SSSR count). The fourth-order valence-corrected chi connectivity index (χ4v) is 1.24. The summed E-state index contributed by atoms with van der Waals surface area (Å²) in [5, 5.41) is 2.91. The summed E-state index contributed by atoms with van der Waals surface area (Å²) < 4.78 is 13.0. The van der Waals surface area contributed by atoms with Crippen molar-refractivity contribution in [2.75, 3.05) is 0 Å². The molecule has 3 N–H and O–H groups in total. The lowest BCUT2D eigenvalue weighted by atomic mass is 10.2. The van der Waals surface area contributed by atoms with Crippen molar-refractivity contribution in [1.29, 1.82) is 0 Å². The minimum absolute atomic E-state index is 0.0710. The quantitative estimate of drug-likeness (QED) is 0.823. The smallest absolute Gasteiger partial charge is 0.234 e. The largest absolute Gasteiger partial charge is 0.368 e. The number of nitrogens with one attached hydrogen (secondary N) is 1. The Morgan fingerprint density at radius 3 is 2.93 bits per heavy atom. The molecule has 0 aliphatic heterocycles. The summed E-state index contributed by atoms with van der Waals surface area (Å²) in [6.07, 6.45) is 0. The third-order valence-corrected chi connectivity index (χ3v) is 2.48. The average Bonchev–Trinajstić information content (AvgIpc) is 2.19. The van der Waals surface area contributed by atoms with E-state index >= 15 is 0 Å². The summed E-state index contributed by atoms with van der Waals surface area (Å²) in [7, 11) is 0. The van der Waals surface area contributed by atoms with Crippen LogP contribution in [0.5, 0.6) is 0 Å². The average molecular weight is 231 g/mol. The van der Waals surface area contributed by atoms with Gasteiger partial charge in [-0.25, -0.2) is 4.39 Å². The van der Waals surface area contributed by atoms with Gasteiger partial charge < -0.3 is 11.1 Å². The minimum atomic E-state index is -0.470. The van der Waals surface area contributed by atoms with Gasteiger partial charge in [0.1, 0.15) is 5.82 Å². The second kappa shape index (κ2) is 5.09. The standard InChI is InChI=1S/C10H12ClFN2O/c1-6(10(13)15)14-5-7-3-2-4-8(12)9(7)11/h2-4,6,14H,5H2,1H3,(H2,13,15). The molecule has 82 valence electrons. The van der Waals surface area contributed by atoms with E-state index in [2.05, 4.69) is 5.32 Å². The number of hydrogen-bond donors (Lipinski definition) is 2. The maximum absolute atomic E-state index is 13.0. The van der Waals surface area contributed by atoms with Gasteiger partial charge in [-0.1, -0.05) is 23.7 Å².